The molecule has 5 nitrogen and oxygen atoms in total. The molecule has 0 amide bonds. The predicted octanol–water partition coefficient (Wildman–Crippen LogP) is 2.00. The SMILES string of the molecule is C[C@@H]1[C@@H](CS(N)(=O)=O)CN1c1cccc2cc(Cl)ncc12. The molecule has 2 aromatic rings. The summed E-state index contributed by atoms with van der Waals surface area (Å²) >= 11 is 5.92. The summed E-state index contributed by atoms with van der Waals surface area (Å²) in [6, 6.07) is 7.92. The lowest BCUT2D eigenvalue weighted by Gasteiger charge is -2.48. The molecular formula is C14H16ClN3O2S. The summed E-state index contributed by atoms with van der Waals surface area (Å²) in [7, 11) is -3.43. The molecule has 112 valence electrons. The normalized spacial score (nSPS) is 22.3. The number of pyridine rings is 1. The van der Waals surface area contributed by atoms with Crippen LogP contribution in [0.15, 0.2) is 30.5 Å². The molecule has 0 unspecified atom stereocenters. The van der Waals surface area contributed by atoms with E-state index >= 15 is 0 Å². The first kappa shape index (κ1) is 14.6. The van der Waals surface area contributed by atoms with E-state index in [1.807, 2.05) is 31.2 Å². The Kier molecular flexibility index (Phi) is 3.55. The summed E-state index contributed by atoms with van der Waals surface area (Å²) in [6.07, 6.45) is 1.76. The van der Waals surface area contributed by atoms with E-state index in [1.165, 1.54) is 0 Å². The lowest BCUT2D eigenvalue weighted by atomic mass is 9.90. The van der Waals surface area contributed by atoms with Crippen molar-refractivity contribution < 1.29 is 8.42 Å². The van der Waals surface area contributed by atoms with E-state index in [0.29, 0.717) is 11.7 Å². The molecule has 21 heavy (non-hydrogen) atoms. The zero-order valence-corrected chi connectivity index (χ0v) is 13.1. The molecule has 0 radical (unpaired) electrons. The quantitative estimate of drug-likeness (QED) is 0.876. The average Bonchev–Trinajstić information content (AvgIpc) is 2.41. The van der Waals surface area contributed by atoms with Crippen LogP contribution in [0, 0.1) is 5.92 Å². The third-order valence-electron chi connectivity index (χ3n) is 4.07. The smallest absolute Gasteiger partial charge is 0.209 e. The van der Waals surface area contributed by atoms with Gasteiger partial charge in [0, 0.05) is 35.8 Å². The van der Waals surface area contributed by atoms with Crippen LogP contribution >= 0.6 is 11.6 Å². The van der Waals surface area contributed by atoms with Crippen molar-refractivity contribution in [3.8, 4) is 0 Å². The monoisotopic (exact) mass is 325 g/mol. The van der Waals surface area contributed by atoms with E-state index < -0.39 is 10.0 Å². The van der Waals surface area contributed by atoms with Crippen LogP contribution in [0.25, 0.3) is 10.8 Å². The van der Waals surface area contributed by atoms with Crippen molar-refractivity contribution in [2.45, 2.75) is 13.0 Å². The van der Waals surface area contributed by atoms with E-state index in [0.717, 1.165) is 16.5 Å². The number of anilines is 1. The summed E-state index contributed by atoms with van der Waals surface area (Å²) in [6.45, 7) is 2.70. The van der Waals surface area contributed by atoms with Crippen LogP contribution in [0.3, 0.4) is 0 Å². The van der Waals surface area contributed by atoms with E-state index in [1.54, 1.807) is 6.20 Å². The number of hydrogen-bond donors (Lipinski definition) is 1. The molecular weight excluding hydrogens is 310 g/mol. The molecule has 1 aromatic heterocycles. The molecule has 2 atom stereocenters. The molecule has 3 rings (SSSR count). The Morgan fingerprint density at radius 2 is 2.24 bits per heavy atom. The highest BCUT2D eigenvalue weighted by atomic mass is 35.5. The number of rotatable bonds is 3. The first-order valence-electron chi connectivity index (χ1n) is 6.66. The topological polar surface area (TPSA) is 76.3 Å². The largest absolute Gasteiger partial charge is 0.368 e. The molecule has 1 saturated heterocycles. The maximum absolute atomic E-state index is 11.2. The van der Waals surface area contributed by atoms with Gasteiger partial charge in [-0.25, -0.2) is 18.5 Å². The van der Waals surface area contributed by atoms with Crippen LogP contribution in [0.1, 0.15) is 6.92 Å². The number of nitrogens with two attached hydrogens (primary N) is 1. The van der Waals surface area contributed by atoms with Crippen LogP contribution in [-0.4, -0.2) is 31.7 Å². The van der Waals surface area contributed by atoms with E-state index in [-0.39, 0.29) is 17.7 Å². The fraction of sp³-hybridized carbons (Fsp3) is 0.357. The molecule has 1 aliphatic rings. The van der Waals surface area contributed by atoms with Crippen LogP contribution in [0.5, 0.6) is 0 Å². The minimum atomic E-state index is -3.43. The lowest BCUT2D eigenvalue weighted by Crippen LogP contribution is -2.57. The van der Waals surface area contributed by atoms with Crippen molar-refractivity contribution in [2.75, 3.05) is 17.2 Å². The predicted molar refractivity (Wildman–Crippen MR) is 85.0 cm³/mol. The maximum atomic E-state index is 11.2. The molecule has 2 heterocycles. The van der Waals surface area contributed by atoms with Crippen molar-refractivity contribution in [3.63, 3.8) is 0 Å². The first-order valence-corrected chi connectivity index (χ1v) is 8.76. The summed E-state index contributed by atoms with van der Waals surface area (Å²) in [5, 5.41) is 7.63. The second-order valence-electron chi connectivity index (χ2n) is 5.49. The Morgan fingerprint density at radius 1 is 1.48 bits per heavy atom. The fourth-order valence-electron chi connectivity index (χ4n) is 2.88. The molecule has 0 aliphatic carbocycles. The number of aromatic nitrogens is 1. The van der Waals surface area contributed by atoms with E-state index in [2.05, 4.69) is 9.88 Å². The van der Waals surface area contributed by atoms with Gasteiger partial charge in [-0.05, 0) is 24.4 Å². The second kappa shape index (κ2) is 5.12. The molecule has 0 saturated carbocycles. The number of nitrogens with zero attached hydrogens (tertiary/aromatic N) is 2. The minimum absolute atomic E-state index is 0.0273. The molecule has 2 N–H and O–H groups in total. The zero-order valence-electron chi connectivity index (χ0n) is 11.5. The number of fused-ring (bicyclic) bond motifs is 1. The van der Waals surface area contributed by atoms with Gasteiger partial charge in [-0.15, -0.1) is 0 Å². The minimum Gasteiger partial charge on any atom is -0.368 e. The first-order chi connectivity index (χ1) is 9.85. The van der Waals surface area contributed by atoms with Gasteiger partial charge in [0.05, 0.1) is 5.75 Å². The Balaban J connectivity index is 1.90. The Labute approximate surface area is 128 Å². The lowest BCUT2D eigenvalue weighted by molar-refractivity contribution is 0.341. The molecule has 0 spiro atoms. The molecule has 1 fully saturated rings. The third kappa shape index (κ3) is 2.84. The molecule has 1 aliphatic heterocycles. The number of benzene rings is 1. The molecule has 0 bridgehead atoms. The van der Waals surface area contributed by atoms with Crippen molar-refractivity contribution in [2.24, 2.45) is 11.1 Å². The van der Waals surface area contributed by atoms with Gasteiger partial charge in [0.2, 0.25) is 10.0 Å². The van der Waals surface area contributed by atoms with E-state index in [9.17, 15) is 8.42 Å². The van der Waals surface area contributed by atoms with Gasteiger partial charge in [0.25, 0.3) is 0 Å². The van der Waals surface area contributed by atoms with Gasteiger partial charge in [0.1, 0.15) is 5.15 Å². The van der Waals surface area contributed by atoms with Gasteiger partial charge in [-0.1, -0.05) is 23.7 Å². The summed E-state index contributed by atoms with van der Waals surface area (Å²) in [4.78, 5) is 6.31. The van der Waals surface area contributed by atoms with Crippen LogP contribution in [0.4, 0.5) is 5.69 Å². The number of sulfonamides is 1. The van der Waals surface area contributed by atoms with Crippen LogP contribution in [0.2, 0.25) is 5.15 Å². The second-order valence-corrected chi connectivity index (χ2v) is 7.53. The maximum Gasteiger partial charge on any atom is 0.209 e. The van der Waals surface area contributed by atoms with Crippen molar-refractivity contribution in [3.05, 3.63) is 35.6 Å². The van der Waals surface area contributed by atoms with Gasteiger partial charge in [0.15, 0.2) is 0 Å². The Morgan fingerprint density at radius 3 is 2.90 bits per heavy atom. The highest BCUT2D eigenvalue weighted by molar-refractivity contribution is 7.89. The summed E-state index contributed by atoms with van der Waals surface area (Å²) in [5.41, 5.74) is 1.05. The number of hydrogen-bond acceptors (Lipinski definition) is 4. The van der Waals surface area contributed by atoms with Gasteiger partial charge in [-0.3, -0.25) is 0 Å². The van der Waals surface area contributed by atoms with Crippen LogP contribution < -0.4 is 10.0 Å². The standard InChI is InChI=1S/C14H16ClN3O2S/c1-9-11(8-21(16,19)20)7-18(9)13-4-2-3-10-5-14(15)17-6-12(10)13/h2-6,9,11H,7-8H2,1H3,(H2,16,19,20)/t9-,11-/m1/s1. The molecule has 1 aromatic carbocycles. The Hall–Kier alpha value is -1.37. The fourth-order valence-corrected chi connectivity index (χ4v) is 4.02. The van der Waals surface area contributed by atoms with Gasteiger partial charge < -0.3 is 4.90 Å². The highest BCUT2D eigenvalue weighted by Crippen LogP contribution is 2.36. The zero-order chi connectivity index (χ0) is 15.2. The molecule has 7 heteroatoms. The summed E-state index contributed by atoms with van der Waals surface area (Å²) in [5.74, 6) is 0.0926. The Bertz CT molecular complexity index is 794. The number of primary sulfonamides is 1. The van der Waals surface area contributed by atoms with Crippen molar-refractivity contribution in [1.82, 2.24) is 4.98 Å². The van der Waals surface area contributed by atoms with Gasteiger partial charge in [-0.2, -0.15) is 0 Å². The average molecular weight is 326 g/mol. The van der Waals surface area contributed by atoms with Crippen molar-refractivity contribution >= 4 is 38.1 Å². The van der Waals surface area contributed by atoms with Crippen LogP contribution in [-0.2, 0) is 10.0 Å². The number of halogens is 1. The highest BCUT2D eigenvalue weighted by Gasteiger charge is 2.38. The van der Waals surface area contributed by atoms with E-state index in [4.69, 9.17) is 16.7 Å². The van der Waals surface area contributed by atoms with Crippen molar-refractivity contribution in [1.29, 1.82) is 0 Å². The third-order valence-corrected chi connectivity index (χ3v) is 5.17. The summed E-state index contributed by atoms with van der Waals surface area (Å²) < 4.78 is 22.4. The van der Waals surface area contributed by atoms with Gasteiger partial charge >= 0.3 is 0 Å².